The summed E-state index contributed by atoms with van der Waals surface area (Å²) < 4.78 is 0. The number of nitrogen functional groups attached to an aromatic ring is 2. The van der Waals surface area contributed by atoms with Gasteiger partial charge in [-0.1, -0.05) is 32.5 Å². The van der Waals surface area contributed by atoms with Crippen molar-refractivity contribution in [3.8, 4) is 0 Å². The molecule has 0 fully saturated rings. The van der Waals surface area contributed by atoms with Crippen molar-refractivity contribution in [2.24, 2.45) is 0 Å². The van der Waals surface area contributed by atoms with Crippen LogP contribution in [0.2, 0.25) is 0 Å². The van der Waals surface area contributed by atoms with Gasteiger partial charge in [-0.2, -0.15) is 0 Å². The maximum atomic E-state index is 11.9. The van der Waals surface area contributed by atoms with E-state index in [1.807, 2.05) is 5.38 Å². The third-order valence-corrected chi connectivity index (χ3v) is 4.20. The Hall–Kier alpha value is -1.87. The second-order valence-corrected chi connectivity index (χ2v) is 7.43. The van der Waals surface area contributed by atoms with Crippen molar-refractivity contribution in [2.45, 2.75) is 31.3 Å². The number of aromatic nitrogens is 3. The molecule has 0 bridgehead atoms. The fourth-order valence-electron chi connectivity index (χ4n) is 1.49. The molecule has 0 aliphatic heterocycles. The molecule has 118 valence electrons. The van der Waals surface area contributed by atoms with Gasteiger partial charge in [-0.15, -0.1) is 11.3 Å². The summed E-state index contributed by atoms with van der Waals surface area (Å²) in [4.78, 5) is 24.4. The van der Waals surface area contributed by atoms with Gasteiger partial charge in [-0.25, -0.2) is 15.0 Å². The summed E-state index contributed by atoms with van der Waals surface area (Å²) in [5.41, 5.74) is 12.1. The van der Waals surface area contributed by atoms with Crippen LogP contribution in [-0.2, 0) is 10.2 Å². The molecule has 0 saturated heterocycles. The van der Waals surface area contributed by atoms with Gasteiger partial charge in [0.1, 0.15) is 11.6 Å². The van der Waals surface area contributed by atoms with E-state index in [1.54, 1.807) is 0 Å². The number of nitrogens with one attached hydrogen (secondary N) is 1. The van der Waals surface area contributed by atoms with E-state index in [9.17, 15) is 4.79 Å². The maximum Gasteiger partial charge on any atom is 0.236 e. The van der Waals surface area contributed by atoms with Crippen LogP contribution < -0.4 is 16.8 Å². The van der Waals surface area contributed by atoms with Crippen LogP contribution in [0.1, 0.15) is 26.5 Å². The van der Waals surface area contributed by atoms with Crippen LogP contribution in [0.4, 0.5) is 16.8 Å². The fraction of sp³-hybridized carbons (Fsp3) is 0.385. The highest BCUT2D eigenvalue weighted by atomic mass is 32.2. The Labute approximate surface area is 136 Å². The van der Waals surface area contributed by atoms with E-state index >= 15 is 0 Å². The number of hydrogen-bond acceptors (Lipinski definition) is 8. The number of thiazole rings is 1. The summed E-state index contributed by atoms with van der Waals surface area (Å²) in [6.45, 7) is 6.22. The Bertz CT molecular complexity index is 659. The molecular weight excluding hydrogens is 320 g/mol. The Balaban J connectivity index is 1.92. The number of amides is 1. The highest BCUT2D eigenvalue weighted by Gasteiger charge is 2.18. The lowest BCUT2D eigenvalue weighted by molar-refractivity contribution is -0.113. The molecule has 2 aromatic rings. The first-order valence-corrected chi connectivity index (χ1v) is 8.39. The van der Waals surface area contributed by atoms with Crippen molar-refractivity contribution >= 4 is 45.8 Å². The maximum absolute atomic E-state index is 11.9. The molecule has 0 unspecified atom stereocenters. The first-order valence-electron chi connectivity index (χ1n) is 6.53. The van der Waals surface area contributed by atoms with E-state index < -0.39 is 0 Å². The Kier molecular flexibility index (Phi) is 4.87. The van der Waals surface area contributed by atoms with Crippen molar-refractivity contribution in [2.75, 3.05) is 22.5 Å². The zero-order valence-electron chi connectivity index (χ0n) is 12.6. The molecule has 0 aliphatic rings. The van der Waals surface area contributed by atoms with E-state index in [0.29, 0.717) is 10.3 Å². The minimum atomic E-state index is -0.176. The number of nitrogens with zero attached hydrogens (tertiary/aromatic N) is 3. The number of thioether (sulfide) groups is 1. The molecule has 0 aliphatic carbocycles. The molecule has 22 heavy (non-hydrogen) atoms. The fourth-order valence-corrected chi connectivity index (χ4v) is 3.11. The lowest BCUT2D eigenvalue weighted by Crippen LogP contribution is -2.16. The van der Waals surface area contributed by atoms with Gasteiger partial charge in [-0.05, 0) is 0 Å². The van der Waals surface area contributed by atoms with E-state index in [1.165, 1.54) is 29.2 Å². The molecule has 0 spiro atoms. The monoisotopic (exact) mass is 338 g/mol. The van der Waals surface area contributed by atoms with Gasteiger partial charge in [0, 0.05) is 16.9 Å². The minimum Gasteiger partial charge on any atom is -0.383 e. The van der Waals surface area contributed by atoms with Gasteiger partial charge in [0.15, 0.2) is 10.3 Å². The lowest BCUT2D eigenvalue weighted by atomic mass is 9.93. The third kappa shape index (κ3) is 4.57. The van der Waals surface area contributed by atoms with Crippen LogP contribution in [0.15, 0.2) is 16.6 Å². The minimum absolute atomic E-state index is 0.0405. The summed E-state index contributed by atoms with van der Waals surface area (Å²) in [6, 6.07) is 1.47. The largest absolute Gasteiger partial charge is 0.383 e. The highest BCUT2D eigenvalue weighted by Crippen LogP contribution is 2.26. The first-order chi connectivity index (χ1) is 10.2. The van der Waals surface area contributed by atoms with Gasteiger partial charge in [0.2, 0.25) is 5.91 Å². The number of anilines is 3. The van der Waals surface area contributed by atoms with Crippen molar-refractivity contribution in [1.82, 2.24) is 15.0 Å². The Morgan fingerprint density at radius 1 is 1.27 bits per heavy atom. The number of nitrogens with two attached hydrogens (primary N) is 2. The summed E-state index contributed by atoms with van der Waals surface area (Å²) >= 11 is 2.58. The van der Waals surface area contributed by atoms with Crippen LogP contribution in [0.3, 0.4) is 0 Å². The van der Waals surface area contributed by atoms with E-state index in [4.69, 9.17) is 11.5 Å². The van der Waals surface area contributed by atoms with Crippen LogP contribution >= 0.6 is 23.1 Å². The molecule has 2 heterocycles. The Morgan fingerprint density at radius 2 is 1.91 bits per heavy atom. The summed E-state index contributed by atoms with van der Waals surface area (Å²) in [5, 5.41) is 5.68. The van der Waals surface area contributed by atoms with Crippen LogP contribution in [0.25, 0.3) is 0 Å². The summed E-state index contributed by atoms with van der Waals surface area (Å²) in [5.74, 6) is 0.549. The van der Waals surface area contributed by atoms with Gasteiger partial charge < -0.3 is 16.8 Å². The number of hydrogen-bond donors (Lipinski definition) is 3. The third-order valence-electron chi connectivity index (χ3n) is 2.60. The standard InChI is InChI=1S/C13H18N6OS2/c1-13(2,3)7-5-21-11(16-7)19-10(20)6-22-12-17-8(14)4-9(15)18-12/h4-5H,6H2,1-3H3,(H,16,19,20)(H4,14,15,17,18). The molecular formula is C13H18N6OS2. The lowest BCUT2D eigenvalue weighted by Gasteiger charge is -2.14. The van der Waals surface area contributed by atoms with Gasteiger partial charge in [0.05, 0.1) is 11.4 Å². The van der Waals surface area contributed by atoms with Gasteiger partial charge >= 0.3 is 0 Å². The normalized spacial score (nSPS) is 11.4. The summed E-state index contributed by atoms with van der Waals surface area (Å²) in [6.07, 6.45) is 0. The van der Waals surface area contributed by atoms with Crippen LogP contribution in [0, 0.1) is 0 Å². The summed E-state index contributed by atoms with van der Waals surface area (Å²) in [7, 11) is 0. The smallest absolute Gasteiger partial charge is 0.236 e. The average molecular weight is 338 g/mol. The Morgan fingerprint density at radius 3 is 2.45 bits per heavy atom. The number of rotatable bonds is 4. The predicted molar refractivity (Wildman–Crippen MR) is 91.0 cm³/mol. The molecule has 2 aromatic heterocycles. The van der Waals surface area contributed by atoms with Crippen molar-refractivity contribution in [3.05, 3.63) is 17.1 Å². The van der Waals surface area contributed by atoms with Gasteiger partial charge in [0.25, 0.3) is 0 Å². The predicted octanol–water partition coefficient (Wildman–Crippen LogP) is 2.13. The quantitative estimate of drug-likeness (QED) is 0.577. The number of carbonyl (C=O) groups is 1. The second-order valence-electron chi connectivity index (χ2n) is 5.62. The zero-order chi connectivity index (χ0) is 16.3. The molecule has 0 aromatic carbocycles. The topological polar surface area (TPSA) is 120 Å². The van der Waals surface area contributed by atoms with Crippen molar-refractivity contribution < 1.29 is 4.79 Å². The molecule has 5 N–H and O–H groups in total. The molecule has 0 saturated carbocycles. The number of carbonyl (C=O) groups excluding carboxylic acids is 1. The van der Waals surface area contributed by atoms with Crippen LogP contribution in [-0.4, -0.2) is 26.6 Å². The molecule has 1 amide bonds. The van der Waals surface area contributed by atoms with Gasteiger partial charge in [-0.3, -0.25) is 4.79 Å². The van der Waals surface area contributed by atoms with E-state index in [2.05, 4.69) is 41.0 Å². The molecule has 9 heteroatoms. The molecule has 2 rings (SSSR count). The average Bonchev–Trinajstić information content (AvgIpc) is 2.83. The van der Waals surface area contributed by atoms with Crippen LogP contribution in [0.5, 0.6) is 0 Å². The SMILES string of the molecule is CC(C)(C)c1csc(NC(=O)CSc2nc(N)cc(N)n2)n1. The zero-order valence-corrected chi connectivity index (χ0v) is 14.2. The van der Waals surface area contributed by atoms with Crippen molar-refractivity contribution in [1.29, 1.82) is 0 Å². The molecule has 0 atom stereocenters. The second kappa shape index (κ2) is 6.49. The van der Waals surface area contributed by atoms with E-state index in [-0.39, 0.29) is 28.7 Å². The highest BCUT2D eigenvalue weighted by molar-refractivity contribution is 7.99. The van der Waals surface area contributed by atoms with E-state index in [0.717, 1.165) is 5.69 Å². The molecule has 7 nitrogen and oxygen atoms in total. The first kappa shape index (κ1) is 16.5. The van der Waals surface area contributed by atoms with Crippen molar-refractivity contribution in [3.63, 3.8) is 0 Å². The molecule has 0 radical (unpaired) electrons.